The molecule has 1 amide bonds. The van der Waals surface area contributed by atoms with E-state index in [9.17, 15) is 17.6 Å². The molecule has 1 aromatic carbocycles. The molecule has 1 saturated heterocycles. The highest BCUT2D eigenvalue weighted by molar-refractivity contribution is 7.90. The summed E-state index contributed by atoms with van der Waals surface area (Å²) in [6.07, 6.45) is 5.03. The Hall–Kier alpha value is -2.88. The normalized spacial score (nSPS) is 17.8. The molecule has 0 saturated carbocycles. The number of hydrogen-bond donors (Lipinski definition) is 0. The molecular weight excluding hydrogens is 385 g/mol. The van der Waals surface area contributed by atoms with Gasteiger partial charge in [-0.25, -0.2) is 17.8 Å². The number of likely N-dealkylation sites (tertiary alicyclic amines) is 1. The van der Waals surface area contributed by atoms with Crippen LogP contribution in [-0.2, 0) is 9.84 Å². The number of piperidine rings is 1. The van der Waals surface area contributed by atoms with Gasteiger partial charge >= 0.3 is 0 Å². The van der Waals surface area contributed by atoms with Gasteiger partial charge in [0.15, 0.2) is 9.84 Å². The van der Waals surface area contributed by atoms with Gasteiger partial charge in [-0.05, 0) is 25.0 Å². The molecule has 146 valence electrons. The number of aromatic nitrogens is 4. The topological polar surface area (TPSA) is 97.5 Å². The summed E-state index contributed by atoms with van der Waals surface area (Å²) in [5.74, 6) is -0.983. The molecule has 1 aliphatic rings. The summed E-state index contributed by atoms with van der Waals surface area (Å²) in [7, 11) is -3.56. The lowest BCUT2D eigenvalue weighted by atomic mass is 9.94. The minimum absolute atomic E-state index is 0.00659. The Morgan fingerprint density at radius 3 is 2.79 bits per heavy atom. The van der Waals surface area contributed by atoms with E-state index in [0.717, 1.165) is 6.26 Å². The maximum atomic E-state index is 14.0. The molecule has 0 bridgehead atoms. The van der Waals surface area contributed by atoms with Gasteiger partial charge in [0.2, 0.25) is 0 Å². The number of hydrogen-bond acceptors (Lipinski definition) is 6. The van der Waals surface area contributed by atoms with Crippen molar-refractivity contribution >= 4 is 21.5 Å². The van der Waals surface area contributed by atoms with Gasteiger partial charge in [-0.15, -0.1) is 0 Å². The van der Waals surface area contributed by atoms with E-state index < -0.39 is 21.6 Å². The minimum Gasteiger partial charge on any atom is -0.338 e. The first-order chi connectivity index (χ1) is 13.4. The number of benzene rings is 1. The van der Waals surface area contributed by atoms with Crippen LogP contribution in [0.1, 0.15) is 34.8 Å². The zero-order chi connectivity index (χ0) is 19.9. The van der Waals surface area contributed by atoms with Crippen molar-refractivity contribution in [1.29, 1.82) is 0 Å². The number of rotatable bonds is 3. The molecule has 28 heavy (non-hydrogen) atoms. The molecule has 2 aromatic heterocycles. The smallest absolute Gasteiger partial charge is 0.256 e. The highest BCUT2D eigenvalue weighted by Gasteiger charge is 2.32. The molecule has 1 fully saturated rings. The van der Waals surface area contributed by atoms with Crippen molar-refractivity contribution in [2.75, 3.05) is 19.3 Å². The number of nitrogens with zero attached hydrogens (tertiary/aromatic N) is 5. The predicted octanol–water partition coefficient (Wildman–Crippen LogP) is 1.69. The lowest BCUT2D eigenvalue weighted by molar-refractivity contribution is 0.0699. The third-order valence-corrected chi connectivity index (χ3v) is 6.02. The fourth-order valence-corrected chi connectivity index (χ4v) is 4.51. The van der Waals surface area contributed by atoms with E-state index in [-0.39, 0.29) is 22.9 Å². The average Bonchev–Trinajstić information content (AvgIpc) is 3.15. The van der Waals surface area contributed by atoms with Crippen molar-refractivity contribution in [3.05, 3.63) is 53.9 Å². The quantitative estimate of drug-likeness (QED) is 0.660. The van der Waals surface area contributed by atoms with E-state index in [0.29, 0.717) is 30.9 Å². The zero-order valence-corrected chi connectivity index (χ0v) is 15.9. The lowest BCUT2D eigenvalue weighted by Gasteiger charge is -2.33. The van der Waals surface area contributed by atoms with Crippen LogP contribution in [0.4, 0.5) is 4.39 Å². The largest absolute Gasteiger partial charge is 0.338 e. The molecule has 0 radical (unpaired) electrons. The molecule has 8 nitrogen and oxygen atoms in total. The van der Waals surface area contributed by atoms with E-state index in [1.807, 2.05) is 0 Å². The van der Waals surface area contributed by atoms with Gasteiger partial charge in [-0.2, -0.15) is 14.6 Å². The number of fused-ring (bicyclic) bond motifs is 1. The molecule has 1 atom stereocenters. The molecule has 1 aliphatic heterocycles. The molecule has 3 heterocycles. The van der Waals surface area contributed by atoms with Crippen LogP contribution in [0.25, 0.3) is 5.78 Å². The Labute approximate surface area is 160 Å². The SMILES string of the molecule is CS(=O)(=O)c1cnc2ncnn2c1[C@H]1CCCN(C(=O)c2ccccc2F)C1. The summed E-state index contributed by atoms with van der Waals surface area (Å²) in [6, 6.07) is 5.84. The third kappa shape index (κ3) is 3.24. The van der Waals surface area contributed by atoms with Gasteiger partial charge < -0.3 is 4.90 Å². The van der Waals surface area contributed by atoms with Gasteiger partial charge in [-0.1, -0.05) is 12.1 Å². The second-order valence-corrected chi connectivity index (χ2v) is 8.81. The van der Waals surface area contributed by atoms with Gasteiger partial charge in [0.1, 0.15) is 17.0 Å². The van der Waals surface area contributed by atoms with Crippen LogP contribution in [0.2, 0.25) is 0 Å². The van der Waals surface area contributed by atoms with E-state index >= 15 is 0 Å². The van der Waals surface area contributed by atoms with Crippen molar-refractivity contribution in [3.63, 3.8) is 0 Å². The molecule has 10 heteroatoms. The third-order valence-electron chi connectivity index (χ3n) is 4.91. The molecule has 3 aromatic rings. The number of carbonyl (C=O) groups excluding carboxylic acids is 1. The van der Waals surface area contributed by atoms with E-state index in [1.54, 1.807) is 11.0 Å². The summed E-state index contributed by atoms with van der Waals surface area (Å²) in [5.41, 5.74) is 0.461. The van der Waals surface area contributed by atoms with Crippen molar-refractivity contribution in [2.45, 2.75) is 23.7 Å². The fraction of sp³-hybridized carbons (Fsp3) is 0.333. The van der Waals surface area contributed by atoms with Crippen molar-refractivity contribution in [2.24, 2.45) is 0 Å². The first-order valence-corrected chi connectivity index (χ1v) is 10.7. The highest BCUT2D eigenvalue weighted by atomic mass is 32.2. The Kier molecular flexibility index (Phi) is 4.58. The van der Waals surface area contributed by atoms with E-state index in [1.165, 1.54) is 35.2 Å². The minimum atomic E-state index is -3.56. The second-order valence-electron chi connectivity index (χ2n) is 6.82. The van der Waals surface area contributed by atoms with Crippen molar-refractivity contribution in [3.8, 4) is 0 Å². The number of amides is 1. The highest BCUT2D eigenvalue weighted by Crippen LogP contribution is 2.32. The summed E-state index contributed by atoms with van der Waals surface area (Å²) in [4.78, 5) is 22.5. The lowest BCUT2D eigenvalue weighted by Crippen LogP contribution is -2.40. The fourth-order valence-electron chi connectivity index (χ4n) is 3.63. The van der Waals surface area contributed by atoms with Crippen LogP contribution in [0.5, 0.6) is 0 Å². The predicted molar refractivity (Wildman–Crippen MR) is 98.2 cm³/mol. The van der Waals surface area contributed by atoms with E-state index in [4.69, 9.17) is 0 Å². The number of sulfone groups is 1. The van der Waals surface area contributed by atoms with Gasteiger partial charge in [0, 0.05) is 25.3 Å². The van der Waals surface area contributed by atoms with Crippen LogP contribution in [0, 0.1) is 5.82 Å². The monoisotopic (exact) mass is 403 g/mol. The van der Waals surface area contributed by atoms with E-state index in [2.05, 4.69) is 15.1 Å². The zero-order valence-electron chi connectivity index (χ0n) is 15.1. The van der Waals surface area contributed by atoms with Crippen LogP contribution >= 0.6 is 0 Å². The summed E-state index contributed by atoms with van der Waals surface area (Å²) >= 11 is 0. The van der Waals surface area contributed by atoms with Crippen molar-refractivity contribution < 1.29 is 17.6 Å². The van der Waals surface area contributed by atoms with Gasteiger partial charge in [0.05, 0.1) is 17.5 Å². The number of halogens is 1. The molecule has 0 spiro atoms. The van der Waals surface area contributed by atoms with Gasteiger partial charge in [0.25, 0.3) is 11.7 Å². The second kappa shape index (κ2) is 6.93. The van der Waals surface area contributed by atoms with Crippen molar-refractivity contribution in [1.82, 2.24) is 24.5 Å². The Morgan fingerprint density at radius 2 is 2.04 bits per heavy atom. The first kappa shape index (κ1) is 18.5. The standard InChI is InChI=1S/C18H18FN5O3S/c1-28(26,27)15-9-20-18-21-11-22-24(18)16(15)12-5-4-8-23(10-12)17(25)13-6-2-3-7-14(13)19/h2-3,6-7,9,11-12H,4-5,8,10H2,1H3/t12-/m0/s1. The van der Waals surface area contributed by atoms with Crippen LogP contribution in [0.15, 0.2) is 41.7 Å². The molecule has 0 N–H and O–H groups in total. The average molecular weight is 403 g/mol. The van der Waals surface area contributed by atoms with Crippen LogP contribution in [0.3, 0.4) is 0 Å². The van der Waals surface area contributed by atoms with Gasteiger partial charge in [-0.3, -0.25) is 4.79 Å². The number of carbonyl (C=O) groups is 1. The maximum absolute atomic E-state index is 14.0. The van der Waals surface area contributed by atoms with Crippen LogP contribution in [-0.4, -0.2) is 58.2 Å². The molecule has 4 rings (SSSR count). The molecular formula is C18H18FN5O3S. The molecule has 0 aliphatic carbocycles. The summed E-state index contributed by atoms with van der Waals surface area (Å²) in [5, 5.41) is 4.13. The van der Waals surface area contributed by atoms with Crippen LogP contribution < -0.4 is 0 Å². The Balaban J connectivity index is 1.74. The summed E-state index contributed by atoms with van der Waals surface area (Å²) in [6.45, 7) is 0.734. The summed E-state index contributed by atoms with van der Waals surface area (Å²) < 4.78 is 40.1. The molecule has 0 unspecified atom stereocenters. The first-order valence-electron chi connectivity index (χ1n) is 8.79. The Morgan fingerprint density at radius 1 is 1.25 bits per heavy atom. The Bertz CT molecular complexity index is 1160. The maximum Gasteiger partial charge on any atom is 0.256 e.